The maximum Gasteiger partial charge on any atom is 0.227 e. The molecule has 2 rings (SSSR count). The number of carbonyl (C=O) groups is 1. The third kappa shape index (κ3) is 3.76. The first-order valence-electron chi connectivity index (χ1n) is 7.64. The van der Waals surface area contributed by atoms with Crippen LogP contribution >= 0.6 is 11.6 Å². The van der Waals surface area contributed by atoms with Gasteiger partial charge in [-0.1, -0.05) is 43.7 Å². The lowest BCUT2D eigenvalue weighted by atomic mass is 9.94. The maximum atomic E-state index is 12.4. The van der Waals surface area contributed by atoms with Crippen molar-refractivity contribution in [2.45, 2.75) is 38.5 Å². The van der Waals surface area contributed by atoms with Crippen molar-refractivity contribution >= 4 is 17.5 Å². The number of carbonyl (C=O) groups excluding carboxylic acids is 1. The zero-order valence-corrected chi connectivity index (χ0v) is 12.9. The fourth-order valence-corrected chi connectivity index (χ4v) is 3.60. The molecule has 1 saturated carbocycles. The van der Waals surface area contributed by atoms with Gasteiger partial charge in [0.25, 0.3) is 0 Å². The average Bonchev–Trinajstić information content (AvgIpc) is 2.94. The summed E-state index contributed by atoms with van der Waals surface area (Å²) in [5.41, 5.74) is 1.10. The van der Waals surface area contributed by atoms with Crippen LogP contribution in [-0.2, 0) is 4.79 Å². The smallest absolute Gasteiger partial charge is 0.227 e. The minimum Gasteiger partial charge on any atom is -0.355 e. The molecule has 3 atom stereocenters. The second-order valence-electron chi connectivity index (χ2n) is 5.72. The Bertz CT molecular complexity index is 420. The summed E-state index contributed by atoms with van der Waals surface area (Å²) in [7, 11) is 0. The number of hydrogen-bond donors (Lipinski definition) is 1. The fourth-order valence-electron chi connectivity index (χ4n) is 3.20. The Morgan fingerprint density at radius 3 is 2.65 bits per heavy atom. The maximum absolute atomic E-state index is 12.4. The van der Waals surface area contributed by atoms with Gasteiger partial charge < -0.3 is 5.32 Å². The van der Waals surface area contributed by atoms with Gasteiger partial charge in [-0.2, -0.15) is 0 Å². The van der Waals surface area contributed by atoms with Crippen molar-refractivity contribution in [1.29, 1.82) is 0 Å². The van der Waals surface area contributed by atoms with E-state index in [2.05, 4.69) is 12.2 Å². The molecule has 1 fully saturated rings. The van der Waals surface area contributed by atoms with E-state index in [0.717, 1.165) is 24.4 Å². The minimum absolute atomic E-state index is 0.0351. The Balaban J connectivity index is 1.90. The summed E-state index contributed by atoms with van der Waals surface area (Å²) in [4.78, 5) is 12.4. The molecule has 3 unspecified atom stereocenters. The van der Waals surface area contributed by atoms with Gasteiger partial charge in [-0.05, 0) is 36.7 Å². The van der Waals surface area contributed by atoms with Gasteiger partial charge in [-0.3, -0.25) is 4.79 Å². The summed E-state index contributed by atoms with van der Waals surface area (Å²) < 4.78 is 0. The van der Waals surface area contributed by atoms with E-state index in [1.165, 1.54) is 19.3 Å². The molecular weight excluding hydrogens is 270 g/mol. The van der Waals surface area contributed by atoms with Crippen molar-refractivity contribution in [1.82, 2.24) is 5.32 Å². The summed E-state index contributed by atoms with van der Waals surface area (Å²) in [6.45, 7) is 2.84. The quantitative estimate of drug-likeness (QED) is 0.791. The van der Waals surface area contributed by atoms with Gasteiger partial charge >= 0.3 is 0 Å². The van der Waals surface area contributed by atoms with Crippen LogP contribution in [0, 0.1) is 11.8 Å². The molecular formula is C17H24ClNO. The second-order valence-corrected chi connectivity index (χ2v) is 6.03. The third-order valence-electron chi connectivity index (χ3n) is 4.48. The molecule has 0 bridgehead atoms. The molecule has 0 aliphatic heterocycles. The first kappa shape index (κ1) is 15.4. The molecule has 2 nitrogen and oxygen atoms in total. The van der Waals surface area contributed by atoms with Crippen LogP contribution in [0.3, 0.4) is 0 Å². The first-order chi connectivity index (χ1) is 9.76. The van der Waals surface area contributed by atoms with Crippen molar-refractivity contribution in [2.24, 2.45) is 11.8 Å². The molecule has 3 heteroatoms. The number of halogens is 1. The Morgan fingerprint density at radius 2 is 2.00 bits per heavy atom. The van der Waals surface area contributed by atoms with Crippen LogP contribution in [0.4, 0.5) is 0 Å². The minimum atomic E-state index is -0.0351. The lowest BCUT2D eigenvalue weighted by Gasteiger charge is -2.20. The summed E-state index contributed by atoms with van der Waals surface area (Å²) in [6.07, 6.45) is 4.48. The molecule has 1 aromatic rings. The van der Waals surface area contributed by atoms with E-state index in [1.807, 2.05) is 30.3 Å². The predicted molar refractivity (Wildman–Crippen MR) is 84.0 cm³/mol. The summed E-state index contributed by atoms with van der Waals surface area (Å²) in [5, 5.41) is 3.14. The Hall–Kier alpha value is -1.02. The highest BCUT2D eigenvalue weighted by Gasteiger charge is 2.27. The standard InChI is InChI=1S/C17H24ClNO/c1-2-16(13-7-4-3-5-8-13)17(20)19-12-15-10-6-9-14(15)11-18/h3-5,7-8,14-16H,2,6,9-12H2,1H3,(H,19,20). The van der Waals surface area contributed by atoms with Crippen molar-refractivity contribution in [3.8, 4) is 0 Å². The van der Waals surface area contributed by atoms with Crippen LogP contribution in [0.5, 0.6) is 0 Å². The second kappa shape index (κ2) is 7.68. The Morgan fingerprint density at radius 1 is 1.30 bits per heavy atom. The normalized spacial score (nSPS) is 23.5. The summed E-state index contributed by atoms with van der Waals surface area (Å²) in [5.74, 6) is 1.97. The molecule has 20 heavy (non-hydrogen) atoms. The van der Waals surface area contributed by atoms with Crippen LogP contribution in [0.15, 0.2) is 30.3 Å². The number of benzene rings is 1. The molecule has 110 valence electrons. The predicted octanol–water partition coefficient (Wildman–Crippen LogP) is 3.95. The molecule has 1 aliphatic rings. The number of rotatable bonds is 6. The van der Waals surface area contributed by atoms with Crippen LogP contribution in [0.1, 0.15) is 44.1 Å². The van der Waals surface area contributed by atoms with Crippen LogP contribution in [0.2, 0.25) is 0 Å². The molecule has 0 heterocycles. The molecule has 1 N–H and O–H groups in total. The van der Waals surface area contributed by atoms with Gasteiger partial charge in [0.15, 0.2) is 0 Å². The molecule has 1 aromatic carbocycles. The van der Waals surface area contributed by atoms with Crippen LogP contribution in [-0.4, -0.2) is 18.3 Å². The van der Waals surface area contributed by atoms with E-state index in [9.17, 15) is 4.79 Å². The molecule has 0 spiro atoms. The number of alkyl halides is 1. The highest BCUT2D eigenvalue weighted by atomic mass is 35.5. The Kier molecular flexibility index (Phi) is 5.90. The van der Waals surface area contributed by atoms with Gasteiger partial charge in [-0.15, -0.1) is 11.6 Å². The molecule has 0 radical (unpaired) electrons. The van der Waals surface area contributed by atoms with E-state index >= 15 is 0 Å². The van der Waals surface area contributed by atoms with Crippen molar-refractivity contribution < 1.29 is 4.79 Å². The van der Waals surface area contributed by atoms with E-state index in [0.29, 0.717) is 11.8 Å². The van der Waals surface area contributed by atoms with Gasteiger partial charge in [0, 0.05) is 12.4 Å². The highest BCUT2D eigenvalue weighted by molar-refractivity contribution is 6.18. The van der Waals surface area contributed by atoms with Crippen LogP contribution in [0.25, 0.3) is 0 Å². The van der Waals surface area contributed by atoms with Crippen molar-refractivity contribution in [2.75, 3.05) is 12.4 Å². The lowest BCUT2D eigenvalue weighted by Crippen LogP contribution is -2.34. The summed E-state index contributed by atoms with van der Waals surface area (Å²) >= 11 is 5.99. The SMILES string of the molecule is CCC(C(=O)NCC1CCCC1CCl)c1ccccc1. The van der Waals surface area contributed by atoms with E-state index in [1.54, 1.807) is 0 Å². The Labute approximate surface area is 126 Å². The monoisotopic (exact) mass is 293 g/mol. The largest absolute Gasteiger partial charge is 0.355 e. The number of hydrogen-bond acceptors (Lipinski definition) is 1. The molecule has 1 amide bonds. The zero-order chi connectivity index (χ0) is 14.4. The summed E-state index contributed by atoms with van der Waals surface area (Å²) in [6, 6.07) is 10.0. The van der Waals surface area contributed by atoms with E-state index in [-0.39, 0.29) is 11.8 Å². The lowest BCUT2D eigenvalue weighted by molar-refractivity contribution is -0.122. The van der Waals surface area contributed by atoms with Gasteiger partial charge in [0.2, 0.25) is 5.91 Å². The van der Waals surface area contributed by atoms with E-state index in [4.69, 9.17) is 11.6 Å². The van der Waals surface area contributed by atoms with Gasteiger partial charge in [0.1, 0.15) is 0 Å². The van der Waals surface area contributed by atoms with Crippen LogP contribution < -0.4 is 5.32 Å². The fraction of sp³-hybridized carbons (Fsp3) is 0.588. The molecule has 1 aliphatic carbocycles. The van der Waals surface area contributed by atoms with Gasteiger partial charge in [-0.25, -0.2) is 0 Å². The zero-order valence-electron chi connectivity index (χ0n) is 12.1. The third-order valence-corrected chi connectivity index (χ3v) is 4.88. The average molecular weight is 294 g/mol. The number of amides is 1. The molecule has 0 saturated heterocycles. The molecule has 0 aromatic heterocycles. The van der Waals surface area contributed by atoms with Gasteiger partial charge in [0.05, 0.1) is 5.92 Å². The van der Waals surface area contributed by atoms with E-state index < -0.39 is 0 Å². The number of nitrogens with one attached hydrogen (secondary N) is 1. The topological polar surface area (TPSA) is 29.1 Å². The highest BCUT2D eigenvalue weighted by Crippen LogP contribution is 2.32. The first-order valence-corrected chi connectivity index (χ1v) is 8.18. The van der Waals surface area contributed by atoms with Crippen molar-refractivity contribution in [3.63, 3.8) is 0 Å². The van der Waals surface area contributed by atoms with Crippen molar-refractivity contribution in [3.05, 3.63) is 35.9 Å².